The lowest BCUT2D eigenvalue weighted by Gasteiger charge is -2.32. The third kappa shape index (κ3) is 5.85. The van der Waals surface area contributed by atoms with Crippen LogP contribution in [0.4, 0.5) is 4.79 Å². The number of carbonyl (C=O) groups excluding carboxylic acids is 2. The van der Waals surface area contributed by atoms with Crippen molar-refractivity contribution < 1.29 is 14.7 Å². The van der Waals surface area contributed by atoms with Crippen LogP contribution < -0.4 is 11.1 Å². The van der Waals surface area contributed by atoms with Crippen molar-refractivity contribution in [3.63, 3.8) is 0 Å². The van der Waals surface area contributed by atoms with Gasteiger partial charge in [0.05, 0.1) is 29.4 Å². The van der Waals surface area contributed by atoms with Crippen molar-refractivity contribution in [2.75, 3.05) is 19.6 Å². The minimum absolute atomic E-state index is 0.0353. The van der Waals surface area contributed by atoms with Crippen molar-refractivity contribution in [1.29, 1.82) is 0 Å². The zero-order valence-electron chi connectivity index (χ0n) is 18.9. The summed E-state index contributed by atoms with van der Waals surface area (Å²) in [5, 5.41) is 16.3. The number of nitrogens with one attached hydrogen (secondary N) is 1. The number of aryl methyl sites for hydroxylation is 1. The molecule has 0 saturated carbocycles. The van der Waals surface area contributed by atoms with Gasteiger partial charge in [0.1, 0.15) is 6.04 Å². The van der Waals surface area contributed by atoms with E-state index in [9.17, 15) is 14.7 Å². The standard InChI is InChI=1S/C23H33N5O3S/c1-15(2)21(28-10-9-27(23(28)31)13-18-14-32-16(3)25-18)22(30)26-19(20(29)12-24)11-17-7-5-4-6-8-17/h4-8,14-15,19-21,29H,9-13,24H2,1-3H3,(H,26,30)/t19-,20+,21?/m0/s1. The SMILES string of the molecule is Cc1nc(CN2CCN(C(C(=O)N[C@@H](Cc3ccccc3)[C@H](O)CN)C(C)C)C2=O)cs1. The van der Waals surface area contributed by atoms with Gasteiger partial charge in [0.2, 0.25) is 5.91 Å². The van der Waals surface area contributed by atoms with E-state index >= 15 is 0 Å². The monoisotopic (exact) mass is 459 g/mol. The zero-order chi connectivity index (χ0) is 23.3. The first-order valence-corrected chi connectivity index (χ1v) is 11.9. The Bertz CT molecular complexity index is 904. The predicted molar refractivity (Wildman–Crippen MR) is 125 cm³/mol. The van der Waals surface area contributed by atoms with E-state index in [0.29, 0.717) is 26.1 Å². The molecule has 0 spiro atoms. The Morgan fingerprint density at radius 1 is 1.28 bits per heavy atom. The van der Waals surface area contributed by atoms with E-state index < -0.39 is 18.2 Å². The van der Waals surface area contributed by atoms with Crippen LogP contribution in [0.1, 0.15) is 30.1 Å². The Balaban J connectivity index is 1.70. The second-order valence-electron chi connectivity index (χ2n) is 8.55. The van der Waals surface area contributed by atoms with Crippen molar-refractivity contribution in [2.24, 2.45) is 11.7 Å². The van der Waals surface area contributed by atoms with Gasteiger partial charge in [-0.3, -0.25) is 4.79 Å². The first-order valence-electron chi connectivity index (χ1n) is 11.0. The van der Waals surface area contributed by atoms with Gasteiger partial charge in [-0.2, -0.15) is 0 Å². The average Bonchev–Trinajstić information content (AvgIpc) is 3.33. The molecule has 1 saturated heterocycles. The van der Waals surface area contributed by atoms with Gasteiger partial charge in [-0.25, -0.2) is 9.78 Å². The van der Waals surface area contributed by atoms with Gasteiger partial charge >= 0.3 is 6.03 Å². The summed E-state index contributed by atoms with van der Waals surface area (Å²) in [5.41, 5.74) is 7.56. The van der Waals surface area contributed by atoms with Gasteiger partial charge in [0.25, 0.3) is 0 Å². The number of aromatic nitrogens is 1. The molecule has 3 amide bonds. The summed E-state index contributed by atoms with van der Waals surface area (Å²) < 4.78 is 0. The summed E-state index contributed by atoms with van der Waals surface area (Å²) in [6.07, 6.45) is -0.426. The molecule has 1 aromatic carbocycles. The van der Waals surface area contributed by atoms with E-state index in [1.165, 1.54) is 0 Å². The van der Waals surface area contributed by atoms with Crippen LogP contribution in [0, 0.1) is 12.8 Å². The Labute approximate surface area is 193 Å². The first-order chi connectivity index (χ1) is 15.3. The summed E-state index contributed by atoms with van der Waals surface area (Å²) in [7, 11) is 0. The number of aliphatic hydroxyl groups is 1. The van der Waals surface area contributed by atoms with E-state index in [2.05, 4.69) is 10.3 Å². The fourth-order valence-electron chi connectivity index (χ4n) is 4.07. The van der Waals surface area contributed by atoms with Crippen LogP contribution in [0.5, 0.6) is 0 Å². The van der Waals surface area contributed by atoms with Crippen LogP contribution in [0.25, 0.3) is 0 Å². The molecule has 4 N–H and O–H groups in total. The smallest absolute Gasteiger partial charge is 0.321 e. The highest BCUT2D eigenvalue weighted by atomic mass is 32.1. The summed E-state index contributed by atoms with van der Waals surface area (Å²) in [5.74, 6) is -0.360. The number of nitrogens with two attached hydrogens (primary N) is 1. The molecule has 1 aromatic heterocycles. The molecule has 3 rings (SSSR count). The molecule has 3 atom stereocenters. The molecule has 32 heavy (non-hydrogen) atoms. The quantitative estimate of drug-likeness (QED) is 0.501. The molecule has 0 bridgehead atoms. The maximum atomic E-state index is 13.3. The molecule has 1 unspecified atom stereocenters. The molecule has 1 fully saturated rings. The van der Waals surface area contributed by atoms with Gasteiger partial charge in [-0.1, -0.05) is 44.2 Å². The van der Waals surface area contributed by atoms with E-state index in [0.717, 1.165) is 16.3 Å². The molecule has 0 aliphatic carbocycles. The fraction of sp³-hybridized carbons (Fsp3) is 0.522. The minimum Gasteiger partial charge on any atom is -0.390 e. The molecule has 0 radical (unpaired) electrons. The second-order valence-corrected chi connectivity index (χ2v) is 9.61. The van der Waals surface area contributed by atoms with Crippen LogP contribution >= 0.6 is 11.3 Å². The molecular weight excluding hydrogens is 426 g/mol. The lowest BCUT2D eigenvalue weighted by molar-refractivity contribution is -0.128. The van der Waals surface area contributed by atoms with Crippen LogP contribution in [0.3, 0.4) is 0 Å². The molecule has 8 nitrogen and oxygen atoms in total. The van der Waals surface area contributed by atoms with E-state index in [1.807, 2.05) is 56.5 Å². The predicted octanol–water partition coefficient (Wildman–Crippen LogP) is 1.76. The van der Waals surface area contributed by atoms with Crippen LogP contribution in [0.15, 0.2) is 35.7 Å². The topological polar surface area (TPSA) is 112 Å². The lowest BCUT2D eigenvalue weighted by atomic mass is 9.98. The molecule has 9 heteroatoms. The number of hydrogen-bond donors (Lipinski definition) is 3. The number of rotatable bonds is 10. The molecule has 1 aliphatic heterocycles. The third-order valence-electron chi connectivity index (χ3n) is 5.71. The number of benzene rings is 1. The van der Waals surface area contributed by atoms with Gasteiger partial charge in [-0.15, -0.1) is 11.3 Å². The highest BCUT2D eigenvalue weighted by Gasteiger charge is 2.40. The molecule has 174 valence electrons. The Morgan fingerprint density at radius 2 is 2.00 bits per heavy atom. The summed E-state index contributed by atoms with van der Waals surface area (Å²) in [6, 6.07) is 8.32. The number of amides is 3. The van der Waals surface area contributed by atoms with Crippen molar-refractivity contribution in [1.82, 2.24) is 20.1 Å². The zero-order valence-corrected chi connectivity index (χ0v) is 19.7. The van der Waals surface area contributed by atoms with E-state index in [4.69, 9.17) is 5.73 Å². The fourth-order valence-corrected chi connectivity index (χ4v) is 4.67. The number of urea groups is 1. The Morgan fingerprint density at radius 3 is 2.59 bits per heavy atom. The van der Waals surface area contributed by atoms with Gasteiger partial charge in [0, 0.05) is 25.0 Å². The molecule has 2 heterocycles. The number of nitrogens with zero attached hydrogens (tertiary/aromatic N) is 3. The van der Waals surface area contributed by atoms with Gasteiger partial charge < -0.3 is 26.0 Å². The Kier molecular flexibility index (Phi) is 8.22. The maximum Gasteiger partial charge on any atom is 0.321 e. The molecule has 1 aliphatic rings. The van der Waals surface area contributed by atoms with Crippen molar-refractivity contribution >= 4 is 23.3 Å². The minimum atomic E-state index is -0.884. The normalized spacial score (nSPS) is 17.0. The largest absolute Gasteiger partial charge is 0.390 e. The number of carbonyl (C=O) groups is 2. The summed E-state index contributed by atoms with van der Waals surface area (Å²) in [6.45, 7) is 7.28. The molecular formula is C23H33N5O3S. The van der Waals surface area contributed by atoms with Crippen LogP contribution in [-0.4, -0.2) is 69.7 Å². The Hall–Kier alpha value is -2.49. The second kappa shape index (κ2) is 10.9. The number of hydrogen-bond acceptors (Lipinski definition) is 6. The summed E-state index contributed by atoms with van der Waals surface area (Å²) in [4.78, 5) is 34.2. The van der Waals surface area contributed by atoms with E-state index in [1.54, 1.807) is 21.1 Å². The highest BCUT2D eigenvalue weighted by Crippen LogP contribution is 2.21. The van der Waals surface area contributed by atoms with Crippen LogP contribution in [-0.2, 0) is 17.8 Å². The van der Waals surface area contributed by atoms with Crippen molar-refractivity contribution in [3.05, 3.63) is 52.0 Å². The summed E-state index contributed by atoms with van der Waals surface area (Å²) >= 11 is 1.56. The van der Waals surface area contributed by atoms with E-state index in [-0.39, 0.29) is 24.4 Å². The third-order valence-corrected chi connectivity index (χ3v) is 6.54. The maximum absolute atomic E-state index is 13.3. The van der Waals surface area contributed by atoms with Crippen molar-refractivity contribution in [3.8, 4) is 0 Å². The van der Waals surface area contributed by atoms with Crippen molar-refractivity contribution in [2.45, 2.75) is 51.9 Å². The average molecular weight is 460 g/mol. The first kappa shape index (κ1) is 24.2. The lowest BCUT2D eigenvalue weighted by Crippen LogP contribution is -2.56. The van der Waals surface area contributed by atoms with Gasteiger partial charge in [0.15, 0.2) is 0 Å². The van der Waals surface area contributed by atoms with Gasteiger partial charge in [-0.05, 0) is 24.8 Å². The van der Waals surface area contributed by atoms with Crippen LogP contribution in [0.2, 0.25) is 0 Å². The highest BCUT2D eigenvalue weighted by molar-refractivity contribution is 7.09. The molecule has 2 aromatic rings. The number of thiazole rings is 1. The number of aliphatic hydroxyl groups excluding tert-OH is 1.